The number of Topliss-reactive ketones (excluding diaryl/α,β-unsaturated/α-hetero) is 1. The van der Waals surface area contributed by atoms with Crippen LogP contribution in [-0.2, 0) is 0 Å². The molecule has 0 saturated carbocycles. The van der Waals surface area contributed by atoms with Gasteiger partial charge in [0, 0.05) is 5.25 Å². The highest BCUT2D eigenvalue weighted by Gasteiger charge is 2.13. The summed E-state index contributed by atoms with van der Waals surface area (Å²) >= 11 is 3.44. The van der Waals surface area contributed by atoms with Crippen LogP contribution in [0.1, 0.15) is 37.4 Å². The number of hydrogen-bond acceptors (Lipinski definition) is 4. The molecule has 0 spiro atoms. The molecule has 0 bridgehead atoms. The Morgan fingerprint density at radius 3 is 2.53 bits per heavy atom. The molecule has 0 atom stereocenters. The van der Waals surface area contributed by atoms with Crippen molar-refractivity contribution in [1.82, 2.24) is 4.90 Å². The first-order chi connectivity index (χ1) is 8.06. The molecule has 4 heteroatoms. The van der Waals surface area contributed by atoms with Gasteiger partial charge in [0.2, 0.25) is 0 Å². The van der Waals surface area contributed by atoms with Gasteiger partial charge < -0.3 is 0 Å². The minimum absolute atomic E-state index is 0.245. The average molecular weight is 271 g/mol. The SMILES string of the molecule is CCN(CC)CC(=O)c1ccc(SC(C)C)s1. The molecule has 1 aromatic heterocycles. The van der Waals surface area contributed by atoms with Crippen LogP contribution in [0.4, 0.5) is 0 Å². The van der Waals surface area contributed by atoms with E-state index in [-0.39, 0.29) is 5.78 Å². The normalized spacial score (nSPS) is 11.4. The summed E-state index contributed by atoms with van der Waals surface area (Å²) in [6, 6.07) is 4.02. The maximum Gasteiger partial charge on any atom is 0.186 e. The molecule has 0 unspecified atom stereocenters. The largest absolute Gasteiger partial charge is 0.296 e. The monoisotopic (exact) mass is 271 g/mol. The highest BCUT2D eigenvalue weighted by atomic mass is 32.2. The van der Waals surface area contributed by atoms with Gasteiger partial charge in [0.25, 0.3) is 0 Å². The van der Waals surface area contributed by atoms with Crippen molar-refractivity contribution in [2.24, 2.45) is 0 Å². The third-order valence-corrected chi connectivity index (χ3v) is 4.77. The first-order valence-corrected chi connectivity index (χ1v) is 7.78. The topological polar surface area (TPSA) is 20.3 Å². The smallest absolute Gasteiger partial charge is 0.186 e. The van der Waals surface area contributed by atoms with Gasteiger partial charge in [0.1, 0.15) is 0 Å². The van der Waals surface area contributed by atoms with Crippen LogP contribution in [0.15, 0.2) is 16.3 Å². The van der Waals surface area contributed by atoms with Crippen molar-refractivity contribution >= 4 is 28.9 Å². The second-order valence-electron chi connectivity index (χ2n) is 4.17. The first kappa shape index (κ1) is 14.7. The van der Waals surface area contributed by atoms with Crippen LogP contribution < -0.4 is 0 Å². The summed E-state index contributed by atoms with van der Waals surface area (Å²) in [5, 5.41) is 0.569. The highest BCUT2D eigenvalue weighted by molar-refractivity contribution is 8.01. The number of likely N-dealkylation sites (N-methyl/N-ethyl adjacent to an activating group) is 1. The lowest BCUT2D eigenvalue weighted by molar-refractivity contribution is 0.0941. The van der Waals surface area contributed by atoms with Crippen molar-refractivity contribution in [3.63, 3.8) is 0 Å². The Morgan fingerprint density at radius 2 is 2.00 bits per heavy atom. The van der Waals surface area contributed by atoms with Gasteiger partial charge in [-0.25, -0.2) is 0 Å². The van der Waals surface area contributed by atoms with Crippen molar-refractivity contribution in [2.75, 3.05) is 19.6 Å². The van der Waals surface area contributed by atoms with Gasteiger partial charge in [-0.15, -0.1) is 23.1 Å². The van der Waals surface area contributed by atoms with Gasteiger partial charge in [0.15, 0.2) is 5.78 Å². The molecule has 0 aliphatic carbocycles. The highest BCUT2D eigenvalue weighted by Crippen LogP contribution is 2.30. The summed E-state index contributed by atoms with van der Waals surface area (Å²) in [7, 11) is 0. The lowest BCUT2D eigenvalue weighted by Crippen LogP contribution is -2.29. The molecule has 1 aromatic rings. The Labute approximate surface area is 112 Å². The van der Waals surface area contributed by atoms with Crippen LogP contribution in [-0.4, -0.2) is 35.6 Å². The Bertz CT molecular complexity index is 356. The molecule has 0 aromatic carbocycles. The number of thioether (sulfide) groups is 1. The van der Waals surface area contributed by atoms with E-state index in [1.807, 2.05) is 17.8 Å². The molecule has 0 radical (unpaired) electrons. The number of ketones is 1. The van der Waals surface area contributed by atoms with Crippen molar-refractivity contribution in [3.8, 4) is 0 Å². The zero-order chi connectivity index (χ0) is 12.8. The fourth-order valence-corrected chi connectivity index (χ4v) is 3.81. The fourth-order valence-electron chi connectivity index (χ4n) is 1.49. The number of rotatable bonds is 7. The fraction of sp³-hybridized carbons (Fsp3) is 0.615. The van der Waals surface area contributed by atoms with Crippen molar-refractivity contribution < 1.29 is 4.79 Å². The summed E-state index contributed by atoms with van der Waals surface area (Å²) in [6.07, 6.45) is 0. The predicted molar refractivity (Wildman–Crippen MR) is 77.4 cm³/mol. The van der Waals surface area contributed by atoms with Crippen LogP contribution in [0.2, 0.25) is 0 Å². The van der Waals surface area contributed by atoms with E-state index in [0.29, 0.717) is 11.8 Å². The van der Waals surface area contributed by atoms with Gasteiger partial charge in [-0.05, 0) is 25.2 Å². The zero-order valence-electron chi connectivity index (χ0n) is 11.0. The van der Waals surface area contributed by atoms with Crippen molar-refractivity contribution in [1.29, 1.82) is 0 Å². The number of hydrogen-bond donors (Lipinski definition) is 0. The van der Waals surface area contributed by atoms with Crippen LogP contribution in [0, 0.1) is 0 Å². The molecular weight excluding hydrogens is 250 g/mol. The quantitative estimate of drug-likeness (QED) is 0.556. The Morgan fingerprint density at radius 1 is 1.35 bits per heavy atom. The third-order valence-electron chi connectivity index (χ3n) is 2.47. The van der Waals surface area contributed by atoms with Crippen LogP contribution in [0.5, 0.6) is 0 Å². The second kappa shape index (κ2) is 7.19. The number of thiophene rings is 1. The molecule has 0 saturated heterocycles. The second-order valence-corrected chi connectivity index (χ2v) is 7.13. The first-order valence-electron chi connectivity index (χ1n) is 6.08. The standard InChI is InChI=1S/C13H21NOS2/c1-5-14(6-2)9-11(15)12-7-8-13(17-12)16-10(3)4/h7-8,10H,5-6,9H2,1-4H3. The molecule has 0 aliphatic rings. The van der Waals surface area contributed by atoms with E-state index in [0.717, 1.165) is 18.0 Å². The van der Waals surface area contributed by atoms with E-state index >= 15 is 0 Å². The van der Waals surface area contributed by atoms with E-state index in [1.54, 1.807) is 11.3 Å². The van der Waals surface area contributed by atoms with E-state index in [9.17, 15) is 4.79 Å². The third kappa shape index (κ3) is 4.82. The Kier molecular flexibility index (Phi) is 6.23. The maximum atomic E-state index is 12.0. The van der Waals surface area contributed by atoms with Gasteiger partial charge >= 0.3 is 0 Å². The summed E-state index contributed by atoms with van der Waals surface area (Å²) in [5.41, 5.74) is 0. The molecule has 0 amide bonds. The number of carbonyl (C=O) groups excluding carboxylic acids is 1. The molecule has 2 nitrogen and oxygen atoms in total. The van der Waals surface area contributed by atoms with Crippen molar-refractivity contribution in [3.05, 3.63) is 17.0 Å². The van der Waals surface area contributed by atoms with Gasteiger partial charge in [0.05, 0.1) is 15.6 Å². The molecule has 0 fully saturated rings. The lowest BCUT2D eigenvalue weighted by atomic mass is 10.3. The Hall–Kier alpha value is -0.320. The van der Waals surface area contributed by atoms with E-state index in [1.165, 1.54) is 4.21 Å². The van der Waals surface area contributed by atoms with E-state index in [4.69, 9.17) is 0 Å². The molecular formula is C13H21NOS2. The van der Waals surface area contributed by atoms with Crippen LogP contribution in [0.25, 0.3) is 0 Å². The molecule has 1 heterocycles. The van der Waals surface area contributed by atoms with E-state index < -0.39 is 0 Å². The summed E-state index contributed by atoms with van der Waals surface area (Å²) in [5.74, 6) is 0.245. The van der Waals surface area contributed by atoms with E-state index in [2.05, 4.69) is 38.7 Å². The molecule has 17 heavy (non-hydrogen) atoms. The summed E-state index contributed by atoms with van der Waals surface area (Å²) in [4.78, 5) is 15.1. The minimum Gasteiger partial charge on any atom is -0.296 e. The average Bonchev–Trinajstić information content (AvgIpc) is 2.73. The van der Waals surface area contributed by atoms with Crippen LogP contribution >= 0.6 is 23.1 Å². The number of nitrogens with zero attached hydrogens (tertiary/aromatic N) is 1. The molecule has 0 N–H and O–H groups in total. The zero-order valence-corrected chi connectivity index (χ0v) is 12.7. The van der Waals surface area contributed by atoms with Crippen LogP contribution in [0.3, 0.4) is 0 Å². The molecule has 1 rings (SSSR count). The van der Waals surface area contributed by atoms with Gasteiger partial charge in [-0.2, -0.15) is 0 Å². The minimum atomic E-state index is 0.245. The molecule has 0 aliphatic heterocycles. The Balaban J connectivity index is 2.60. The lowest BCUT2D eigenvalue weighted by Gasteiger charge is -2.15. The summed E-state index contributed by atoms with van der Waals surface area (Å²) < 4.78 is 1.24. The van der Waals surface area contributed by atoms with Crippen molar-refractivity contribution in [2.45, 2.75) is 37.2 Å². The van der Waals surface area contributed by atoms with Gasteiger partial charge in [-0.3, -0.25) is 9.69 Å². The van der Waals surface area contributed by atoms with Gasteiger partial charge in [-0.1, -0.05) is 27.7 Å². The molecule has 96 valence electrons. The number of carbonyl (C=O) groups is 1. The maximum absolute atomic E-state index is 12.0. The summed E-state index contributed by atoms with van der Waals surface area (Å²) in [6.45, 7) is 10.9. The predicted octanol–water partition coefficient (Wildman–Crippen LogP) is 3.77.